The number of fused-ring (bicyclic) bond motifs is 1. The molecule has 0 spiro atoms. The molecule has 4 aromatic rings. The van der Waals surface area contributed by atoms with Gasteiger partial charge in [0.15, 0.2) is 5.43 Å². The zero-order valence-corrected chi connectivity index (χ0v) is 20.5. The summed E-state index contributed by atoms with van der Waals surface area (Å²) >= 11 is 0. The van der Waals surface area contributed by atoms with Crippen molar-refractivity contribution in [3.8, 4) is 17.1 Å². The zero-order chi connectivity index (χ0) is 24.8. The highest BCUT2D eigenvalue weighted by atomic mass is 16.5. The predicted octanol–water partition coefficient (Wildman–Crippen LogP) is 7.29. The maximum atomic E-state index is 12.7. The van der Waals surface area contributed by atoms with Crippen LogP contribution in [0.4, 0.5) is 5.69 Å². The average molecular weight is 470 g/mol. The van der Waals surface area contributed by atoms with Gasteiger partial charge in [-0.15, -0.1) is 0 Å². The number of carbonyl (C=O) groups is 1. The van der Waals surface area contributed by atoms with Gasteiger partial charge < -0.3 is 14.5 Å². The molecule has 5 nitrogen and oxygen atoms in total. The normalized spacial score (nSPS) is 10.9. The Labute approximate surface area is 205 Å². The molecule has 0 atom stereocenters. The van der Waals surface area contributed by atoms with Gasteiger partial charge in [0, 0.05) is 22.9 Å². The first-order valence-corrected chi connectivity index (χ1v) is 12.1. The van der Waals surface area contributed by atoms with Crippen molar-refractivity contribution in [2.24, 2.45) is 0 Å². The van der Waals surface area contributed by atoms with Crippen LogP contribution in [0.5, 0.6) is 5.75 Å². The van der Waals surface area contributed by atoms with E-state index in [1.807, 2.05) is 50.2 Å². The van der Waals surface area contributed by atoms with Crippen LogP contribution in [0.15, 0.2) is 75.9 Å². The Balaban J connectivity index is 1.42. The molecular formula is C30H31NO4. The minimum absolute atomic E-state index is 0.0803. The number of aryl methyl sites for hydroxylation is 2. The third kappa shape index (κ3) is 5.99. The monoisotopic (exact) mass is 469 g/mol. The van der Waals surface area contributed by atoms with Crippen LogP contribution in [0.1, 0.15) is 54.1 Å². The molecule has 1 N–H and O–H groups in total. The Hall–Kier alpha value is -3.86. The van der Waals surface area contributed by atoms with E-state index in [9.17, 15) is 9.59 Å². The molecule has 1 amide bonds. The standard InChI is InChI=1S/C30H31NO4/c1-4-5-6-7-16-34-25-14-12-24(13-15-25)31-30(33)23-10-8-22(9-11-23)28-19-27(32)26-18-20(2)17-21(3)29(26)35-28/h8-15,17-19H,4-7,16H2,1-3H3,(H,31,33). The number of unbranched alkanes of at least 4 members (excludes halogenated alkanes) is 3. The van der Waals surface area contributed by atoms with Crippen molar-refractivity contribution in [2.75, 3.05) is 11.9 Å². The number of rotatable bonds is 9. The summed E-state index contributed by atoms with van der Waals surface area (Å²) in [7, 11) is 0. The largest absolute Gasteiger partial charge is 0.494 e. The predicted molar refractivity (Wildman–Crippen MR) is 141 cm³/mol. The van der Waals surface area contributed by atoms with Crippen LogP contribution < -0.4 is 15.5 Å². The lowest BCUT2D eigenvalue weighted by Gasteiger charge is -2.09. The number of nitrogens with one attached hydrogen (secondary N) is 1. The highest BCUT2D eigenvalue weighted by Gasteiger charge is 2.11. The number of carbonyl (C=O) groups excluding carboxylic acids is 1. The van der Waals surface area contributed by atoms with Crippen molar-refractivity contribution >= 4 is 22.6 Å². The van der Waals surface area contributed by atoms with Crippen LogP contribution in [0, 0.1) is 13.8 Å². The molecule has 5 heteroatoms. The molecule has 0 aliphatic heterocycles. The van der Waals surface area contributed by atoms with Gasteiger partial charge in [-0.25, -0.2) is 0 Å². The molecule has 0 fully saturated rings. The van der Waals surface area contributed by atoms with Gasteiger partial charge in [0.25, 0.3) is 5.91 Å². The first kappa shape index (κ1) is 24.3. The van der Waals surface area contributed by atoms with E-state index in [1.165, 1.54) is 25.3 Å². The molecule has 0 bridgehead atoms. The number of hydrogen-bond acceptors (Lipinski definition) is 4. The van der Waals surface area contributed by atoms with E-state index < -0.39 is 0 Å². The topological polar surface area (TPSA) is 68.5 Å². The lowest BCUT2D eigenvalue weighted by atomic mass is 10.1. The summed E-state index contributed by atoms with van der Waals surface area (Å²) in [6.07, 6.45) is 4.65. The Morgan fingerprint density at radius 2 is 1.66 bits per heavy atom. The number of amides is 1. The number of anilines is 1. The second-order valence-corrected chi connectivity index (χ2v) is 8.90. The maximum Gasteiger partial charge on any atom is 0.255 e. The smallest absolute Gasteiger partial charge is 0.255 e. The fourth-order valence-electron chi connectivity index (χ4n) is 4.09. The van der Waals surface area contributed by atoms with Gasteiger partial charge in [-0.05, 0) is 73.9 Å². The minimum atomic E-state index is -0.212. The van der Waals surface area contributed by atoms with E-state index >= 15 is 0 Å². The van der Waals surface area contributed by atoms with Crippen LogP contribution in [0.3, 0.4) is 0 Å². The molecule has 1 aromatic heterocycles. The third-order valence-electron chi connectivity index (χ3n) is 5.97. The second-order valence-electron chi connectivity index (χ2n) is 8.90. The second kappa shape index (κ2) is 11.0. The zero-order valence-electron chi connectivity index (χ0n) is 20.5. The van der Waals surface area contributed by atoms with Crippen LogP contribution in [-0.2, 0) is 0 Å². The first-order chi connectivity index (χ1) is 16.9. The van der Waals surface area contributed by atoms with Crippen molar-refractivity contribution in [3.05, 3.63) is 93.6 Å². The van der Waals surface area contributed by atoms with Gasteiger partial charge >= 0.3 is 0 Å². The quantitative estimate of drug-likeness (QED) is 0.261. The van der Waals surface area contributed by atoms with E-state index in [2.05, 4.69) is 12.2 Å². The molecule has 35 heavy (non-hydrogen) atoms. The Morgan fingerprint density at radius 1 is 0.914 bits per heavy atom. The first-order valence-electron chi connectivity index (χ1n) is 12.1. The fourth-order valence-corrected chi connectivity index (χ4v) is 4.09. The lowest BCUT2D eigenvalue weighted by molar-refractivity contribution is 0.102. The van der Waals surface area contributed by atoms with Gasteiger partial charge in [0.05, 0.1) is 12.0 Å². The molecule has 0 aliphatic rings. The third-order valence-corrected chi connectivity index (χ3v) is 5.97. The van der Waals surface area contributed by atoms with Gasteiger partial charge in [-0.1, -0.05) is 44.4 Å². The van der Waals surface area contributed by atoms with E-state index in [0.29, 0.717) is 34.6 Å². The Bertz CT molecular complexity index is 1370. The SMILES string of the molecule is CCCCCCOc1ccc(NC(=O)c2ccc(-c3cc(=O)c4cc(C)cc(C)c4o3)cc2)cc1. The van der Waals surface area contributed by atoms with E-state index in [4.69, 9.17) is 9.15 Å². The minimum Gasteiger partial charge on any atom is -0.494 e. The molecule has 1 heterocycles. The molecule has 0 unspecified atom stereocenters. The van der Waals surface area contributed by atoms with Gasteiger partial charge in [0.2, 0.25) is 0 Å². The summed E-state index contributed by atoms with van der Waals surface area (Å²) in [5.41, 5.74) is 4.40. The summed E-state index contributed by atoms with van der Waals surface area (Å²) in [5.74, 6) is 1.06. The number of ether oxygens (including phenoxy) is 1. The van der Waals surface area contributed by atoms with Crippen LogP contribution in [0.25, 0.3) is 22.3 Å². The lowest BCUT2D eigenvalue weighted by Crippen LogP contribution is -2.11. The molecule has 4 rings (SSSR count). The van der Waals surface area contributed by atoms with Gasteiger partial charge in [-0.2, -0.15) is 0 Å². The van der Waals surface area contributed by atoms with Crippen molar-refractivity contribution in [1.82, 2.24) is 0 Å². The Morgan fingerprint density at radius 3 is 2.37 bits per heavy atom. The molecule has 0 aliphatic carbocycles. The van der Waals surface area contributed by atoms with Crippen molar-refractivity contribution < 1.29 is 13.9 Å². The van der Waals surface area contributed by atoms with E-state index in [1.54, 1.807) is 24.3 Å². The molecule has 3 aromatic carbocycles. The maximum absolute atomic E-state index is 12.7. The van der Waals surface area contributed by atoms with Crippen LogP contribution in [-0.4, -0.2) is 12.5 Å². The molecule has 0 radical (unpaired) electrons. The number of benzene rings is 3. The average Bonchev–Trinajstić information content (AvgIpc) is 2.85. The summed E-state index contributed by atoms with van der Waals surface area (Å²) < 4.78 is 11.8. The molecular weight excluding hydrogens is 438 g/mol. The summed E-state index contributed by atoms with van der Waals surface area (Å²) in [6.45, 7) is 6.78. The van der Waals surface area contributed by atoms with Crippen molar-refractivity contribution in [1.29, 1.82) is 0 Å². The van der Waals surface area contributed by atoms with Gasteiger partial charge in [-0.3, -0.25) is 9.59 Å². The van der Waals surface area contributed by atoms with Crippen molar-refractivity contribution in [2.45, 2.75) is 46.5 Å². The number of hydrogen-bond donors (Lipinski definition) is 1. The van der Waals surface area contributed by atoms with E-state index in [0.717, 1.165) is 28.9 Å². The molecule has 0 saturated heterocycles. The van der Waals surface area contributed by atoms with Crippen molar-refractivity contribution in [3.63, 3.8) is 0 Å². The van der Waals surface area contributed by atoms with Crippen LogP contribution >= 0.6 is 0 Å². The molecule has 0 saturated carbocycles. The summed E-state index contributed by atoms with van der Waals surface area (Å²) in [5, 5.41) is 3.49. The summed E-state index contributed by atoms with van der Waals surface area (Å²) in [6, 6.07) is 19.8. The highest BCUT2D eigenvalue weighted by molar-refractivity contribution is 6.04. The van der Waals surface area contributed by atoms with Gasteiger partial charge in [0.1, 0.15) is 17.1 Å². The van der Waals surface area contributed by atoms with E-state index in [-0.39, 0.29) is 11.3 Å². The van der Waals surface area contributed by atoms with Crippen LogP contribution in [0.2, 0.25) is 0 Å². The Kier molecular flexibility index (Phi) is 7.66. The fraction of sp³-hybridized carbons (Fsp3) is 0.267. The summed E-state index contributed by atoms with van der Waals surface area (Å²) in [4.78, 5) is 25.4. The molecule has 180 valence electrons. The highest BCUT2D eigenvalue weighted by Crippen LogP contribution is 2.26.